The van der Waals surface area contributed by atoms with Gasteiger partial charge < -0.3 is 10.4 Å². The molecule has 2 N–H and O–H groups in total. The van der Waals surface area contributed by atoms with E-state index in [1.165, 1.54) is 23.9 Å². The second-order valence-electron chi connectivity index (χ2n) is 6.39. The molecule has 5 nitrogen and oxygen atoms in total. The van der Waals surface area contributed by atoms with E-state index in [9.17, 15) is 9.18 Å². The van der Waals surface area contributed by atoms with Gasteiger partial charge in [0.15, 0.2) is 5.17 Å². The summed E-state index contributed by atoms with van der Waals surface area (Å²) in [4.78, 5) is 26.2. The van der Waals surface area contributed by atoms with Crippen LogP contribution in [0.15, 0.2) is 82.7 Å². The van der Waals surface area contributed by atoms with Gasteiger partial charge in [-0.3, -0.25) is 14.6 Å². The molecular weight excluding hydrogens is 438 g/mol. The van der Waals surface area contributed by atoms with E-state index in [1.54, 1.807) is 24.3 Å². The zero-order valence-electron chi connectivity index (χ0n) is 17.5. The van der Waals surface area contributed by atoms with Crippen molar-refractivity contribution in [1.82, 2.24) is 5.32 Å². The number of carboxylic acid groups (broad SMARTS) is 1. The van der Waals surface area contributed by atoms with Crippen molar-refractivity contribution in [2.24, 2.45) is 4.99 Å². The Balaban J connectivity index is 0.000000672. The molecule has 1 heterocycles. The van der Waals surface area contributed by atoms with Crippen LogP contribution in [0.25, 0.3) is 17.2 Å². The fourth-order valence-corrected chi connectivity index (χ4v) is 3.46. The maximum Gasteiger partial charge on any atom is 1.00 e. The molecule has 0 bridgehead atoms. The number of nitrogens with one attached hydrogen (secondary N) is 1. The quantitative estimate of drug-likeness (QED) is 0.360. The third-order valence-corrected chi connectivity index (χ3v) is 4.88. The number of thioether (sulfide) groups is 1. The monoisotopic (exact) mass is 456 g/mol. The number of hydrogen-bond donors (Lipinski definition) is 2. The van der Waals surface area contributed by atoms with E-state index < -0.39 is 5.97 Å². The summed E-state index contributed by atoms with van der Waals surface area (Å²) in [5, 5.41) is 10.7. The molecule has 0 unspecified atom stereocenters. The molecule has 0 aliphatic carbocycles. The van der Waals surface area contributed by atoms with Crippen LogP contribution < -0.4 is 34.9 Å². The van der Waals surface area contributed by atoms with Crippen LogP contribution in [0.4, 0.5) is 10.1 Å². The summed E-state index contributed by atoms with van der Waals surface area (Å²) < 4.78 is 13.0. The first-order valence-corrected chi connectivity index (χ1v) is 10.0. The summed E-state index contributed by atoms with van der Waals surface area (Å²) in [5.74, 6) is -1.25. The minimum Gasteiger partial charge on any atom is -0.481 e. The van der Waals surface area contributed by atoms with E-state index in [0.29, 0.717) is 10.1 Å². The van der Waals surface area contributed by atoms with Gasteiger partial charge in [-0.15, -0.1) is 12.1 Å². The molecule has 8 heteroatoms. The fraction of sp³-hybridized carbons (Fsp3) is 0.0417. The number of aliphatic carboxylic acids is 1. The van der Waals surface area contributed by atoms with Crippen molar-refractivity contribution in [2.45, 2.75) is 6.92 Å². The molecule has 0 radical (unpaired) electrons. The molecule has 0 spiro atoms. The summed E-state index contributed by atoms with van der Waals surface area (Å²) in [6, 6.07) is 24.3. The molecule has 1 aliphatic heterocycles. The Bertz CT molecular complexity index is 1130. The molecule has 1 aliphatic rings. The predicted octanol–water partition coefficient (Wildman–Crippen LogP) is 2.28. The van der Waals surface area contributed by atoms with E-state index >= 15 is 0 Å². The average Bonchev–Trinajstić information content (AvgIpc) is 3.08. The van der Waals surface area contributed by atoms with Crippen LogP contribution in [0.3, 0.4) is 0 Å². The average molecular weight is 456 g/mol. The Kier molecular flexibility index (Phi) is 9.87. The van der Waals surface area contributed by atoms with Crippen molar-refractivity contribution >= 4 is 40.6 Å². The van der Waals surface area contributed by atoms with Crippen molar-refractivity contribution in [3.8, 4) is 11.1 Å². The molecule has 156 valence electrons. The topological polar surface area (TPSA) is 78.8 Å². The number of carbonyl (C=O) groups is 2. The summed E-state index contributed by atoms with van der Waals surface area (Å²) in [7, 11) is 0. The van der Waals surface area contributed by atoms with Crippen LogP contribution in [-0.2, 0) is 9.59 Å². The Hall–Kier alpha value is -2.71. The maximum absolute atomic E-state index is 13.0. The van der Waals surface area contributed by atoms with Crippen LogP contribution in [0.5, 0.6) is 0 Å². The minimum atomic E-state index is -0.833. The predicted molar refractivity (Wildman–Crippen MR) is 121 cm³/mol. The largest absolute Gasteiger partial charge is 1.00 e. The van der Waals surface area contributed by atoms with Gasteiger partial charge in [-0.05, 0) is 52.3 Å². The zero-order valence-corrected chi connectivity index (χ0v) is 20.3. The molecule has 0 atom stereocenters. The molecule has 1 amide bonds. The van der Waals surface area contributed by atoms with E-state index in [-0.39, 0.29) is 41.3 Å². The van der Waals surface area contributed by atoms with Gasteiger partial charge in [0.25, 0.3) is 11.9 Å². The van der Waals surface area contributed by atoms with Gasteiger partial charge in [0.2, 0.25) is 0 Å². The Labute approximate surface area is 211 Å². The number of rotatable bonds is 3. The summed E-state index contributed by atoms with van der Waals surface area (Å²) in [6.07, 6.45) is 1.83. The summed E-state index contributed by atoms with van der Waals surface area (Å²) in [5.41, 5.74) is 3.61. The summed E-state index contributed by atoms with van der Waals surface area (Å²) in [6.45, 7) is 1.08. The van der Waals surface area contributed by atoms with E-state index in [2.05, 4.69) is 16.4 Å². The third kappa shape index (κ3) is 7.76. The van der Waals surface area contributed by atoms with E-state index in [4.69, 9.17) is 9.90 Å². The second kappa shape index (κ2) is 12.4. The van der Waals surface area contributed by atoms with Gasteiger partial charge >= 0.3 is 29.6 Å². The van der Waals surface area contributed by atoms with E-state index in [0.717, 1.165) is 29.3 Å². The molecule has 4 rings (SSSR count). The number of amides is 1. The Morgan fingerprint density at radius 1 is 1.03 bits per heavy atom. The molecule has 3 aromatic rings. The Morgan fingerprint density at radius 3 is 2.12 bits per heavy atom. The maximum atomic E-state index is 13.0. The molecule has 1 saturated heterocycles. The fourth-order valence-electron chi connectivity index (χ4n) is 2.62. The number of carboxylic acids is 1. The van der Waals surface area contributed by atoms with Gasteiger partial charge in [-0.25, -0.2) is 4.39 Å². The first-order valence-electron chi connectivity index (χ1n) is 9.22. The van der Waals surface area contributed by atoms with Crippen LogP contribution in [-0.4, -0.2) is 22.2 Å². The number of amidine groups is 1. The number of halogens is 1. The van der Waals surface area contributed by atoms with Crippen LogP contribution >= 0.6 is 11.8 Å². The van der Waals surface area contributed by atoms with Crippen molar-refractivity contribution < 1.29 is 48.6 Å². The van der Waals surface area contributed by atoms with Crippen LogP contribution in [0, 0.1) is 11.9 Å². The zero-order chi connectivity index (χ0) is 22.2. The number of hydrogen-bond acceptors (Lipinski definition) is 4. The van der Waals surface area contributed by atoms with Crippen molar-refractivity contribution in [3.05, 3.63) is 95.1 Å². The normalized spacial score (nSPS) is 14.9. The van der Waals surface area contributed by atoms with Crippen molar-refractivity contribution in [1.29, 1.82) is 0 Å². The number of nitrogens with zero attached hydrogens (tertiary/aromatic N) is 1. The molecule has 3 aromatic carbocycles. The van der Waals surface area contributed by atoms with Crippen molar-refractivity contribution in [3.63, 3.8) is 0 Å². The van der Waals surface area contributed by atoms with Gasteiger partial charge in [-0.1, -0.05) is 36.4 Å². The molecule has 32 heavy (non-hydrogen) atoms. The van der Waals surface area contributed by atoms with E-state index in [1.807, 2.05) is 42.5 Å². The van der Waals surface area contributed by atoms with Gasteiger partial charge in [0, 0.05) is 6.92 Å². The van der Waals surface area contributed by atoms with Crippen molar-refractivity contribution in [2.75, 3.05) is 0 Å². The minimum absolute atomic E-state index is 0. The molecule has 0 aromatic heterocycles. The SMILES string of the molecule is CC(=O)O.O=C1NC(=Nc2cc[c-]cc2)S/C1=C/c1ccc(-c2ccc(F)cc2)cc1.[Na+]. The Morgan fingerprint density at radius 2 is 1.56 bits per heavy atom. The molecule has 0 saturated carbocycles. The number of carbonyl (C=O) groups excluding carboxylic acids is 1. The van der Waals surface area contributed by atoms with Gasteiger partial charge in [-0.2, -0.15) is 18.2 Å². The van der Waals surface area contributed by atoms with Gasteiger partial charge in [0.1, 0.15) is 5.82 Å². The third-order valence-electron chi connectivity index (χ3n) is 3.97. The second-order valence-corrected chi connectivity index (χ2v) is 7.42. The molecular formula is C24H18FN2NaO3S. The first-order chi connectivity index (χ1) is 14.9. The first kappa shape index (κ1) is 25.5. The van der Waals surface area contributed by atoms with Crippen LogP contribution in [0.1, 0.15) is 12.5 Å². The van der Waals surface area contributed by atoms with Crippen LogP contribution in [0.2, 0.25) is 0 Å². The number of aliphatic imine (C=N–C) groups is 1. The standard InChI is InChI=1S/C22H14FN2OS.C2H4O2.Na/c23-18-12-10-17(11-13-18)16-8-6-15(7-9-16)14-20-21(26)25-22(27-20)24-19-4-2-1-3-5-19;1-2(3)4;/h2-14H,(H,24,25,26);1H3,(H,3,4);/q-1;;+1/b20-14+;;. The number of benzene rings is 3. The molecule has 1 fully saturated rings. The smallest absolute Gasteiger partial charge is 0.481 e. The summed E-state index contributed by atoms with van der Waals surface area (Å²) >= 11 is 1.31. The van der Waals surface area contributed by atoms with Gasteiger partial charge in [0.05, 0.1) is 4.91 Å².